The van der Waals surface area contributed by atoms with Crippen LogP contribution in [0.25, 0.3) is 0 Å². The number of halogens is 1. The highest BCUT2D eigenvalue weighted by atomic mass is 19.1. The number of nitrogens with zero attached hydrogens (tertiary/aromatic N) is 2. The maximum absolute atomic E-state index is 12.7. The summed E-state index contributed by atoms with van der Waals surface area (Å²) in [4.78, 5) is 14.9. The van der Waals surface area contributed by atoms with Gasteiger partial charge in [0.15, 0.2) is 5.76 Å². The van der Waals surface area contributed by atoms with Gasteiger partial charge in [0.25, 0.3) is 5.91 Å². The first-order valence-electron chi connectivity index (χ1n) is 4.55. The SMILES string of the molecule is O=C(NCc1ccno1)c1ccnc(F)c1. The standard InChI is InChI=1S/C10H8FN3O2/c11-9-5-7(1-3-12-9)10(15)13-6-8-2-4-14-16-8/h1-5H,6H2,(H,13,15). The summed E-state index contributed by atoms with van der Waals surface area (Å²) in [5.74, 6) is -0.548. The van der Waals surface area contributed by atoms with Crippen LogP contribution in [0.4, 0.5) is 4.39 Å². The Bertz CT molecular complexity index is 485. The summed E-state index contributed by atoms with van der Waals surface area (Å²) in [5.41, 5.74) is 0.215. The van der Waals surface area contributed by atoms with Crippen LogP contribution in [0.3, 0.4) is 0 Å². The predicted octanol–water partition coefficient (Wildman–Crippen LogP) is 1.14. The zero-order valence-electron chi connectivity index (χ0n) is 8.18. The number of carbonyl (C=O) groups is 1. The molecule has 2 heterocycles. The van der Waals surface area contributed by atoms with Crippen LogP contribution in [-0.4, -0.2) is 16.0 Å². The van der Waals surface area contributed by atoms with Gasteiger partial charge in [-0.3, -0.25) is 4.79 Å². The van der Waals surface area contributed by atoms with E-state index in [-0.39, 0.29) is 12.1 Å². The van der Waals surface area contributed by atoms with Gasteiger partial charge >= 0.3 is 0 Å². The summed E-state index contributed by atoms with van der Waals surface area (Å²) < 4.78 is 17.5. The smallest absolute Gasteiger partial charge is 0.251 e. The van der Waals surface area contributed by atoms with E-state index in [9.17, 15) is 9.18 Å². The number of amides is 1. The Labute approximate surface area is 90.3 Å². The fraction of sp³-hybridized carbons (Fsp3) is 0.100. The Morgan fingerprint density at radius 3 is 3.00 bits per heavy atom. The molecule has 1 N–H and O–H groups in total. The lowest BCUT2D eigenvalue weighted by molar-refractivity contribution is 0.0946. The van der Waals surface area contributed by atoms with E-state index < -0.39 is 11.9 Å². The van der Waals surface area contributed by atoms with Crippen molar-refractivity contribution < 1.29 is 13.7 Å². The van der Waals surface area contributed by atoms with Crippen LogP contribution in [-0.2, 0) is 6.54 Å². The van der Waals surface area contributed by atoms with Crippen LogP contribution in [0.1, 0.15) is 16.1 Å². The second-order valence-corrected chi connectivity index (χ2v) is 3.03. The van der Waals surface area contributed by atoms with E-state index in [1.807, 2.05) is 0 Å². The third-order valence-corrected chi connectivity index (χ3v) is 1.90. The molecule has 2 aromatic rings. The first-order chi connectivity index (χ1) is 7.75. The van der Waals surface area contributed by atoms with Gasteiger partial charge in [-0.1, -0.05) is 5.16 Å². The first-order valence-corrected chi connectivity index (χ1v) is 4.55. The monoisotopic (exact) mass is 221 g/mol. The number of pyridine rings is 1. The van der Waals surface area contributed by atoms with Gasteiger partial charge in [-0.2, -0.15) is 4.39 Å². The second kappa shape index (κ2) is 4.52. The summed E-state index contributed by atoms with van der Waals surface area (Å²) in [6, 6.07) is 4.13. The van der Waals surface area contributed by atoms with Gasteiger partial charge in [-0.15, -0.1) is 0 Å². The minimum Gasteiger partial charge on any atom is -0.360 e. The molecule has 5 nitrogen and oxygen atoms in total. The van der Waals surface area contributed by atoms with Gasteiger partial charge in [-0.05, 0) is 6.07 Å². The highest BCUT2D eigenvalue weighted by molar-refractivity contribution is 5.93. The molecular weight excluding hydrogens is 213 g/mol. The molecule has 16 heavy (non-hydrogen) atoms. The van der Waals surface area contributed by atoms with E-state index >= 15 is 0 Å². The van der Waals surface area contributed by atoms with E-state index in [2.05, 4.69) is 15.5 Å². The zero-order chi connectivity index (χ0) is 11.4. The van der Waals surface area contributed by atoms with E-state index in [4.69, 9.17) is 4.52 Å². The first kappa shape index (κ1) is 10.3. The van der Waals surface area contributed by atoms with Crippen molar-refractivity contribution in [3.8, 4) is 0 Å². The minimum absolute atomic E-state index is 0.211. The van der Waals surface area contributed by atoms with Crippen molar-refractivity contribution in [2.75, 3.05) is 0 Å². The highest BCUT2D eigenvalue weighted by Crippen LogP contribution is 2.01. The van der Waals surface area contributed by atoms with Crippen molar-refractivity contribution >= 4 is 5.91 Å². The van der Waals surface area contributed by atoms with Gasteiger partial charge in [0.1, 0.15) is 0 Å². The Hall–Kier alpha value is -2.24. The molecule has 0 aliphatic rings. The molecular formula is C10H8FN3O2. The van der Waals surface area contributed by atoms with Crippen molar-refractivity contribution in [1.29, 1.82) is 0 Å². The summed E-state index contributed by atoms with van der Waals surface area (Å²) in [5, 5.41) is 6.05. The Morgan fingerprint density at radius 2 is 2.31 bits per heavy atom. The van der Waals surface area contributed by atoms with Gasteiger partial charge in [0.05, 0.1) is 12.7 Å². The number of carbonyl (C=O) groups excluding carboxylic acids is 1. The summed E-state index contributed by atoms with van der Waals surface area (Å²) in [6.45, 7) is 0.211. The van der Waals surface area contributed by atoms with Crippen LogP contribution >= 0.6 is 0 Å². The molecule has 2 rings (SSSR count). The van der Waals surface area contributed by atoms with Crippen molar-refractivity contribution in [2.24, 2.45) is 0 Å². The van der Waals surface area contributed by atoms with Crippen LogP contribution in [0, 0.1) is 5.95 Å². The molecule has 0 aliphatic heterocycles. The van der Waals surface area contributed by atoms with Crippen LogP contribution in [0.2, 0.25) is 0 Å². The van der Waals surface area contributed by atoms with Crippen molar-refractivity contribution in [1.82, 2.24) is 15.5 Å². The molecule has 82 valence electrons. The molecule has 1 amide bonds. The minimum atomic E-state index is -0.688. The van der Waals surface area contributed by atoms with Crippen LogP contribution < -0.4 is 5.32 Å². The zero-order valence-corrected chi connectivity index (χ0v) is 8.18. The molecule has 0 spiro atoms. The molecule has 0 saturated carbocycles. The average Bonchev–Trinajstić information content (AvgIpc) is 2.78. The lowest BCUT2D eigenvalue weighted by Crippen LogP contribution is -2.22. The van der Waals surface area contributed by atoms with Gasteiger partial charge < -0.3 is 9.84 Å². The Kier molecular flexibility index (Phi) is 2.90. The summed E-state index contributed by atoms with van der Waals surface area (Å²) >= 11 is 0. The fourth-order valence-corrected chi connectivity index (χ4v) is 1.15. The van der Waals surface area contributed by atoms with Crippen molar-refractivity contribution in [3.05, 3.63) is 47.9 Å². The molecule has 0 aliphatic carbocycles. The lowest BCUT2D eigenvalue weighted by atomic mass is 10.2. The lowest BCUT2D eigenvalue weighted by Gasteiger charge is -2.02. The number of rotatable bonds is 3. The Balaban J connectivity index is 1.98. The van der Waals surface area contributed by atoms with E-state index in [1.165, 1.54) is 18.5 Å². The van der Waals surface area contributed by atoms with Gasteiger partial charge in [0, 0.05) is 23.9 Å². The molecule has 0 atom stereocenters. The molecule has 2 aromatic heterocycles. The molecule has 0 fully saturated rings. The molecule has 0 bridgehead atoms. The predicted molar refractivity (Wildman–Crippen MR) is 51.9 cm³/mol. The van der Waals surface area contributed by atoms with Crippen LogP contribution in [0.5, 0.6) is 0 Å². The number of hydrogen-bond acceptors (Lipinski definition) is 4. The van der Waals surface area contributed by atoms with E-state index in [0.29, 0.717) is 5.76 Å². The van der Waals surface area contributed by atoms with E-state index in [0.717, 1.165) is 6.07 Å². The summed E-state index contributed by atoms with van der Waals surface area (Å²) in [6.07, 6.45) is 2.71. The highest BCUT2D eigenvalue weighted by Gasteiger charge is 2.07. The molecule has 0 unspecified atom stereocenters. The molecule has 0 saturated heterocycles. The second-order valence-electron chi connectivity index (χ2n) is 3.03. The molecule has 0 aromatic carbocycles. The number of aromatic nitrogens is 2. The largest absolute Gasteiger partial charge is 0.360 e. The summed E-state index contributed by atoms with van der Waals surface area (Å²) in [7, 11) is 0. The molecule has 6 heteroatoms. The quantitative estimate of drug-likeness (QED) is 0.789. The number of hydrogen-bond donors (Lipinski definition) is 1. The van der Waals surface area contributed by atoms with Gasteiger partial charge in [-0.25, -0.2) is 4.98 Å². The van der Waals surface area contributed by atoms with Gasteiger partial charge in [0.2, 0.25) is 5.95 Å². The van der Waals surface area contributed by atoms with Crippen LogP contribution in [0.15, 0.2) is 35.1 Å². The molecule has 0 radical (unpaired) electrons. The topological polar surface area (TPSA) is 68.0 Å². The maximum Gasteiger partial charge on any atom is 0.251 e. The number of nitrogens with one attached hydrogen (secondary N) is 1. The fourth-order valence-electron chi connectivity index (χ4n) is 1.15. The Morgan fingerprint density at radius 1 is 1.44 bits per heavy atom. The van der Waals surface area contributed by atoms with Crippen molar-refractivity contribution in [2.45, 2.75) is 6.54 Å². The third-order valence-electron chi connectivity index (χ3n) is 1.90. The van der Waals surface area contributed by atoms with E-state index in [1.54, 1.807) is 6.07 Å². The third kappa shape index (κ3) is 2.41. The maximum atomic E-state index is 12.7. The average molecular weight is 221 g/mol. The normalized spacial score (nSPS) is 10.1. The van der Waals surface area contributed by atoms with Crippen molar-refractivity contribution in [3.63, 3.8) is 0 Å².